The van der Waals surface area contributed by atoms with Gasteiger partial charge >= 0.3 is 0 Å². The number of aliphatic imine (C=N–C) groups is 2. The van der Waals surface area contributed by atoms with E-state index in [1.807, 2.05) is 24.5 Å². The molecule has 2 N–H and O–H groups in total. The lowest BCUT2D eigenvalue weighted by Crippen LogP contribution is -2.19. The highest BCUT2D eigenvalue weighted by Crippen LogP contribution is 2.39. The van der Waals surface area contributed by atoms with E-state index >= 15 is 4.39 Å². The lowest BCUT2D eigenvalue weighted by molar-refractivity contribution is 0.289. The summed E-state index contributed by atoms with van der Waals surface area (Å²) >= 11 is 1.38. The first-order valence-corrected chi connectivity index (χ1v) is 10.8. The van der Waals surface area contributed by atoms with Crippen LogP contribution in [0.15, 0.2) is 52.3 Å². The largest absolute Gasteiger partial charge is 0.500 e. The fourth-order valence-corrected chi connectivity index (χ4v) is 3.70. The minimum absolute atomic E-state index is 0.0416. The average Bonchev–Trinajstić information content (AvgIpc) is 3.25. The summed E-state index contributed by atoms with van der Waals surface area (Å²) in [6, 6.07) is 1.58. The molecule has 0 spiro atoms. The second-order valence-electron chi connectivity index (χ2n) is 6.76. The van der Waals surface area contributed by atoms with Gasteiger partial charge in [-0.1, -0.05) is 18.7 Å². The Hall–Kier alpha value is -2.58. The van der Waals surface area contributed by atoms with Crippen molar-refractivity contribution >= 4 is 22.5 Å². The lowest BCUT2D eigenvalue weighted by atomic mass is 10.0. The van der Waals surface area contributed by atoms with Gasteiger partial charge in [0.2, 0.25) is 0 Å². The Morgan fingerprint density at radius 1 is 1.43 bits per heavy atom. The number of allylic oxidation sites excluding steroid dienone is 1. The molecular weight excluding hydrogens is 405 g/mol. The van der Waals surface area contributed by atoms with Crippen LogP contribution in [0, 0.1) is 5.82 Å². The van der Waals surface area contributed by atoms with Crippen molar-refractivity contribution in [2.24, 2.45) is 15.7 Å². The Morgan fingerprint density at radius 3 is 2.87 bits per heavy atom. The number of methoxy groups -OCH3 is 2. The van der Waals surface area contributed by atoms with Crippen LogP contribution < -0.4 is 15.2 Å². The zero-order chi connectivity index (χ0) is 21.7. The number of ether oxygens (including phenoxy) is 3. The van der Waals surface area contributed by atoms with Gasteiger partial charge in [0.1, 0.15) is 22.3 Å². The van der Waals surface area contributed by atoms with Crippen LogP contribution in [0.2, 0.25) is 0 Å². The highest BCUT2D eigenvalue weighted by Gasteiger charge is 2.28. The van der Waals surface area contributed by atoms with E-state index < -0.39 is 0 Å². The predicted molar refractivity (Wildman–Crippen MR) is 120 cm³/mol. The number of hydrogen-bond donors (Lipinski definition) is 1. The van der Waals surface area contributed by atoms with Crippen molar-refractivity contribution < 1.29 is 18.6 Å². The number of fused-ring (bicyclic) bond motifs is 1. The molecule has 30 heavy (non-hydrogen) atoms. The molecule has 1 aromatic rings. The Bertz CT molecular complexity index is 953. The Morgan fingerprint density at radius 2 is 2.23 bits per heavy atom. The monoisotopic (exact) mass is 431 g/mol. The van der Waals surface area contributed by atoms with Crippen LogP contribution >= 0.6 is 11.8 Å². The fourth-order valence-electron chi connectivity index (χ4n) is 3.15. The molecular formula is C22H26FN3O3S. The number of hydrogen-bond acceptors (Lipinski definition) is 7. The SMILES string of the molecule is C=C(C/N=C(SC)/C(=N/C1=CCC(N)C=C1)c1cc(OC)c2c(c1F)CCO2)OC. The molecule has 0 aromatic heterocycles. The highest BCUT2D eigenvalue weighted by molar-refractivity contribution is 8.15. The van der Waals surface area contributed by atoms with Crippen LogP contribution in [0.3, 0.4) is 0 Å². The molecule has 1 unspecified atom stereocenters. The van der Waals surface area contributed by atoms with E-state index in [0.29, 0.717) is 64.3 Å². The van der Waals surface area contributed by atoms with E-state index in [0.717, 1.165) is 0 Å². The standard InChI is InChI=1S/C22H26FN3O3S/c1-13(27-2)12-25-22(30-4)20(26-15-7-5-14(24)6-8-15)17-11-18(28-3)21-16(19(17)23)9-10-29-21/h5,7-8,11,14H,1,6,9-10,12,24H2,2-4H3/b25-22-,26-20+. The first-order chi connectivity index (χ1) is 14.5. The average molecular weight is 432 g/mol. The fraction of sp³-hybridized carbons (Fsp3) is 0.364. The van der Waals surface area contributed by atoms with Crippen LogP contribution in [-0.4, -0.2) is 50.4 Å². The van der Waals surface area contributed by atoms with Crippen LogP contribution in [0.1, 0.15) is 17.5 Å². The zero-order valence-electron chi connectivity index (χ0n) is 17.4. The van der Waals surface area contributed by atoms with Gasteiger partial charge in [0, 0.05) is 23.6 Å². The van der Waals surface area contributed by atoms with Gasteiger partial charge in [-0.15, -0.1) is 11.8 Å². The molecule has 6 nitrogen and oxygen atoms in total. The van der Waals surface area contributed by atoms with Crippen LogP contribution in [0.25, 0.3) is 0 Å². The summed E-state index contributed by atoms with van der Waals surface area (Å²) in [6.07, 6.45) is 8.66. The predicted octanol–water partition coefficient (Wildman–Crippen LogP) is 3.65. The van der Waals surface area contributed by atoms with Crippen molar-refractivity contribution in [3.63, 3.8) is 0 Å². The van der Waals surface area contributed by atoms with Crippen molar-refractivity contribution in [1.29, 1.82) is 0 Å². The molecule has 3 rings (SSSR count). The molecule has 0 amide bonds. The van der Waals surface area contributed by atoms with E-state index in [1.165, 1.54) is 26.0 Å². The van der Waals surface area contributed by atoms with Gasteiger partial charge in [-0.05, 0) is 24.8 Å². The quantitative estimate of drug-likeness (QED) is 0.405. The maximum absolute atomic E-state index is 15.5. The summed E-state index contributed by atoms with van der Waals surface area (Å²) in [5.41, 5.74) is 7.86. The van der Waals surface area contributed by atoms with Crippen molar-refractivity contribution in [2.45, 2.75) is 18.9 Å². The third-order valence-corrected chi connectivity index (χ3v) is 5.50. The van der Waals surface area contributed by atoms with Crippen molar-refractivity contribution in [1.82, 2.24) is 0 Å². The lowest BCUT2D eigenvalue weighted by Gasteiger charge is -2.16. The zero-order valence-corrected chi connectivity index (χ0v) is 18.2. The molecule has 1 aliphatic carbocycles. The van der Waals surface area contributed by atoms with Crippen molar-refractivity contribution in [3.8, 4) is 11.5 Å². The topological polar surface area (TPSA) is 78.4 Å². The molecule has 0 bridgehead atoms. The molecule has 2 aliphatic rings. The summed E-state index contributed by atoms with van der Waals surface area (Å²) < 4.78 is 31.7. The summed E-state index contributed by atoms with van der Waals surface area (Å²) in [5.74, 6) is 1.07. The summed E-state index contributed by atoms with van der Waals surface area (Å²) in [5, 5.41) is 0.567. The maximum atomic E-state index is 15.5. The van der Waals surface area contributed by atoms with Gasteiger partial charge < -0.3 is 19.9 Å². The molecule has 160 valence electrons. The van der Waals surface area contributed by atoms with Gasteiger partial charge in [0.05, 0.1) is 33.1 Å². The van der Waals surface area contributed by atoms with Crippen LogP contribution in [0.4, 0.5) is 4.39 Å². The van der Waals surface area contributed by atoms with E-state index in [2.05, 4.69) is 11.6 Å². The first-order valence-electron chi connectivity index (χ1n) is 9.54. The third-order valence-electron chi connectivity index (χ3n) is 4.79. The van der Waals surface area contributed by atoms with Gasteiger partial charge in [-0.2, -0.15) is 0 Å². The Kier molecular flexibility index (Phi) is 7.33. The van der Waals surface area contributed by atoms with E-state index in [4.69, 9.17) is 24.9 Å². The molecule has 1 aliphatic heterocycles. The van der Waals surface area contributed by atoms with Crippen LogP contribution in [-0.2, 0) is 11.2 Å². The van der Waals surface area contributed by atoms with E-state index in [1.54, 1.807) is 6.07 Å². The highest BCUT2D eigenvalue weighted by atomic mass is 32.2. The third kappa shape index (κ3) is 4.76. The van der Waals surface area contributed by atoms with Gasteiger partial charge in [-0.25, -0.2) is 9.38 Å². The smallest absolute Gasteiger partial charge is 0.167 e. The second-order valence-corrected chi connectivity index (χ2v) is 7.56. The van der Waals surface area contributed by atoms with Crippen molar-refractivity contribution in [2.75, 3.05) is 33.6 Å². The Labute approximate surface area is 180 Å². The number of benzene rings is 1. The van der Waals surface area contributed by atoms with Gasteiger partial charge in [0.25, 0.3) is 0 Å². The summed E-state index contributed by atoms with van der Waals surface area (Å²) in [6.45, 7) is 4.47. The summed E-state index contributed by atoms with van der Waals surface area (Å²) in [4.78, 5) is 9.32. The number of halogens is 1. The molecule has 0 radical (unpaired) electrons. The van der Waals surface area contributed by atoms with Gasteiger partial charge in [-0.3, -0.25) is 4.99 Å². The molecule has 0 saturated carbocycles. The molecule has 1 atom stereocenters. The number of nitrogens with zero attached hydrogens (tertiary/aromatic N) is 2. The van der Waals surface area contributed by atoms with Crippen molar-refractivity contribution in [3.05, 3.63) is 59.3 Å². The molecule has 0 saturated heterocycles. The van der Waals surface area contributed by atoms with Gasteiger partial charge in [0.15, 0.2) is 11.5 Å². The Balaban J connectivity index is 2.15. The summed E-state index contributed by atoms with van der Waals surface area (Å²) in [7, 11) is 3.08. The molecule has 0 fully saturated rings. The van der Waals surface area contributed by atoms with E-state index in [-0.39, 0.29) is 18.4 Å². The van der Waals surface area contributed by atoms with Crippen LogP contribution in [0.5, 0.6) is 11.5 Å². The molecule has 1 heterocycles. The maximum Gasteiger partial charge on any atom is 0.167 e. The second kappa shape index (κ2) is 9.95. The first kappa shape index (κ1) is 22.1. The van der Waals surface area contributed by atoms with E-state index in [9.17, 15) is 0 Å². The minimum atomic E-state index is -0.369. The number of thioether (sulfide) groups is 1. The minimum Gasteiger partial charge on any atom is -0.500 e. The number of nitrogens with two attached hydrogens (primary N) is 1. The molecule has 1 aromatic carbocycles. The number of rotatable bonds is 7. The normalized spacial score (nSPS) is 18.6. The molecule has 8 heteroatoms.